The zero-order chi connectivity index (χ0) is 25.2. The monoisotopic (exact) mass is 488 g/mol. The first-order valence-corrected chi connectivity index (χ1v) is 12.0. The van der Waals surface area contributed by atoms with Gasteiger partial charge in [-0.05, 0) is 30.4 Å². The van der Waals surface area contributed by atoms with Crippen molar-refractivity contribution in [1.29, 1.82) is 0 Å². The lowest BCUT2D eigenvalue weighted by molar-refractivity contribution is -0.142. The highest BCUT2D eigenvalue weighted by Gasteiger charge is 2.44. The summed E-state index contributed by atoms with van der Waals surface area (Å²) in [5, 5.41) is 24.6. The molecule has 10 heteroatoms. The smallest absolute Gasteiger partial charge is 0.405 e. The van der Waals surface area contributed by atoms with Crippen LogP contribution in [0.3, 0.4) is 0 Å². The molecule has 3 amide bonds. The number of amides is 3. The van der Waals surface area contributed by atoms with E-state index in [4.69, 9.17) is 0 Å². The van der Waals surface area contributed by atoms with Crippen molar-refractivity contribution < 1.29 is 24.6 Å². The van der Waals surface area contributed by atoms with Crippen molar-refractivity contribution in [3.63, 3.8) is 0 Å². The highest BCUT2D eigenvalue weighted by atomic mass is 32.1. The van der Waals surface area contributed by atoms with Crippen LogP contribution in [0.25, 0.3) is 10.4 Å². The Bertz CT molecular complexity index is 1050. The van der Waals surface area contributed by atoms with Crippen molar-refractivity contribution >= 4 is 29.2 Å². The molecule has 0 radical (unpaired) electrons. The topological polar surface area (TPSA) is 132 Å². The molecule has 2 heterocycles. The van der Waals surface area contributed by atoms with Crippen LogP contribution in [-0.2, 0) is 9.59 Å². The van der Waals surface area contributed by atoms with Crippen molar-refractivity contribution in [3.8, 4) is 10.4 Å². The second kappa shape index (κ2) is 10.1. The zero-order valence-electron chi connectivity index (χ0n) is 20.0. The van der Waals surface area contributed by atoms with Gasteiger partial charge >= 0.3 is 6.09 Å². The largest absolute Gasteiger partial charge is 0.465 e. The van der Waals surface area contributed by atoms with Crippen LogP contribution in [-0.4, -0.2) is 62.7 Å². The fraction of sp³-hybridized carbons (Fsp3) is 0.500. The molecule has 4 atom stereocenters. The number of nitrogens with zero attached hydrogens (tertiary/aromatic N) is 2. The third-order valence-corrected chi connectivity index (χ3v) is 7.00. The Hall–Kier alpha value is -2.98. The normalized spacial score (nSPS) is 20.0. The van der Waals surface area contributed by atoms with Gasteiger partial charge in [-0.25, -0.2) is 9.78 Å². The van der Waals surface area contributed by atoms with Crippen LogP contribution in [0.5, 0.6) is 0 Å². The summed E-state index contributed by atoms with van der Waals surface area (Å²) in [5.74, 6) is -0.911. The lowest BCUT2D eigenvalue weighted by Crippen LogP contribution is -2.57. The minimum Gasteiger partial charge on any atom is -0.465 e. The summed E-state index contributed by atoms with van der Waals surface area (Å²) >= 11 is 1.57. The van der Waals surface area contributed by atoms with Crippen LogP contribution < -0.4 is 10.6 Å². The van der Waals surface area contributed by atoms with Gasteiger partial charge in [-0.1, -0.05) is 45.0 Å². The van der Waals surface area contributed by atoms with E-state index >= 15 is 0 Å². The molecule has 1 aliphatic rings. The number of thiazole rings is 1. The van der Waals surface area contributed by atoms with E-state index in [1.54, 1.807) is 37.6 Å². The molecule has 9 nitrogen and oxygen atoms in total. The quantitative estimate of drug-likeness (QED) is 0.494. The van der Waals surface area contributed by atoms with E-state index in [-0.39, 0.29) is 24.9 Å². The molecule has 1 saturated heterocycles. The van der Waals surface area contributed by atoms with Gasteiger partial charge in [-0.15, -0.1) is 11.3 Å². The summed E-state index contributed by atoms with van der Waals surface area (Å²) in [4.78, 5) is 44.3. The van der Waals surface area contributed by atoms with Gasteiger partial charge in [0.05, 0.1) is 28.2 Å². The number of aromatic nitrogens is 1. The van der Waals surface area contributed by atoms with Crippen LogP contribution in [0.15, 0.2) is 29.8 Å². The SMILES string of the molecule is Cc1ncsc1-c1ccc([C@H](C)NC(=O)[C@H]2C[C@H](O)CN2C(=O)[C@@H](NC(=O)O)C(C)(C)C)cc1. The Morgan fingerprint density at radius 3 is 2.35 bits per heavy atom. The van der Waals surface area contributed by atoms with Crippen LogP contribution in [0, 0.1) is 12.3 Å². The van der Waals surface area contributed by atoms with Gasteiger partial charge in [0.1, 0.15) is 12.1 Å². The Balaban J connectivity index is 1.72. The first-order chi connectivity index (χ1) is 15.9. The van der Waals surface area contributed by atoms with E-state index in [0.717, 1.165) is 21.7 Å². The molecular weight excluding hydrogens is 456 g/mol. The van der Waals surface area contributed by atoms with E-state index in [1.807, 2.05) is 38.1 Å². The minimum atomic E-state index is -1.32. The number of carbonyl (C=O) groups excluding carboxylic acids is 2. The molecule has 1 aromatic carbocycles. The predicted molar refractivity (Wildman–Crippen MR) is 129 cm³/mol. The number of benzene rings is 1. The number of rotatable bonds is 6. The molecule has 0 unspecified atom stereocenters. The summed E-state index contributed by atoms with van der Waals surface area (Å²) in [7, 11) is 0. The summed E-state index contributed by atoms with van der Waals surface area (Å²) in [6.45, 7) is 9.02. The number of carbonyl (C=O) groups is 3. The van der Waals surface area contributed by atoms with Crippen molar-refractivity contribution in [2.45, 2.75) is 65.3 Å². The summed E-state index contributed by atoms with van der Waals surface area (Å²) in [5.41, 5.74) is 4.01. The molecule has 4 N–H and O–H groups in total. The number of likely N-dealkylation sites (tertiary alicyclic amines) is 1. The van der Waals surface area contributed by atoms with Gasteiger partial charge in [-0.2, -0.15) is 0 Å². The number of nitrogens with one attached hydrogen (secondary N) is 2. The first kappa shape index (κ1) is 25.6. The van der Waals surface area contributed by atoms with Crippen LogP contribution in [0.4, 0.5) is 4.79 Å². The Morgan fingerprint density at radius 1 is 1.18 bits per heavy atom. The van der Waals surface area contributed by atoms with Gasteiger partial charge in [0.25, 0.3) is 0 Å². The fourth-order valence-electron chi connectivity index (χ4n) is 4.14. The number of hydrogen-bond donors (Lipinski definition) is 4. The summed E-state index contributed by atoms with van der Waals surface area (Å²) in [6, 6.07) is 5.60. The maximum Gasteiger partial charge on any atom is 0.405 e. The second-order valence-electron chi connectivity index (χ2n) is 9.76. The maximum absolute atomic E-state index is 13.2. The fourth-order valence-corrected chi connectivity index (χ4v) is 4.95. The average Bonchev–Trinajstić information content (AvgIpc) is 3.36. The number of aryl methyl sites for hydroxylation is 1. The molecule has 1 aliphatic heterocycles. The van der Waals surface area contributed by atoms with E-state index in [0.29, 0.717) is 0 Å². The highest BCUT2D eigenvalue weighted by Crippen LogP contribution is 2.29. The molecule has 184 valence electrons. The number of hydrogen-bond acceptors (Lipinski definition) is 6. The number of carboxylic acid groups (broad SMARTS) is 1. The van der Waals surface area contributed by atoms with Gasteiger partial charge in [0.15, 0.2) is 0 Å². The summed E-state index contributed by atoms with van der Waals surface area (Å²) in [6.07, 6.45) is -2.08. The molecule has 3 rings (SSSR count). The van der Waals surface area contributed by atoms with Crippen LogP contribution >= 0.6 is 11.3 Å². The molecule has 34 heavy (non-hydrogen) atoms. The number of β-amino-alcohol motifs (C(OH)–C–C–N with tert-alkyl or cyclic N) is 1. The molecule has 0 spiro atoms. The second-order valence-corrected chi connectivity index (χ2v) is 10.6. The number of aliphatic hydroxyl groups excluding tert-OH is 1. The molecule has 0 saturated carbocycles. The molecular formula is C24H32N4O5S. The van der Waals surface area contributed by atoms with E-state index in [9.17, 15) is 24.6 Å². The Labute approximate surface area is 203 Å². The van der Waals surface area contributed by atoms with Gasteiger partial charge in [0.2, 0.25) is 11.8 Å². The molecule has 0 aliphatic carbocycles. The van der Waals surface area contributed by atoms with Gasteiger partial charge in [0, 0.05) is 13.0 Å². The Kier molecular flexibility index (Phi) is 7.62. The van der Waals surface area contributed by atoms with Gasteiger partial charge < -0.3 is 25.7 Å². The highest BCUT2D eigenvalue weighted by molar-refractivity contribution is 7.13. The van der Waals surface area contributed by atoms with Crippen molar-refractivity contribution in [2.24, 2.45) is 5.41 Å². The molecule has 1 fully saturated rings. The van der Waals surface area contributed by atoms with Gasteiger partial charge in [-0.3, -0.25) is 9.59 Å². The van der Waals surface area contributed by atoms with E-state index < -0.39 is 35.6 Å². The molecule has 0 bridgehead atoms. The standard InChI is InChI=1S/C24H32N4O5S/c1-13(15-6-8-16(9-7-15)19-14(2)25-12-34-19)26-21(30)18-10-17(29)11-28(18)22(31)20(24(3,4)5)27-23(32)33/h6-9,12-13,17-18,20,27,29H,10-11H2,1-5H3,(H,26,30)(H,32,33)/t13-,17-,18+,20+/m0/s1. The summed E-state index contributed by atoms with van der Waals surface area (Å²) < 4.78 is 0. The van der Waals surface area contributed by atoms with Crippen molar-refractivity contribution in [3.05, 3.63) is 41.0 Å². The van der Waals surface area contributed by atoms with E-state index in [1.165, 1.54) is 4.90 Å². The van der Waals surface area contributed by atoms with Crippen molar-refractivity contribution in [2.75, 3.05) is 6.54 Å². The van der Waals surface area contributed by atoms with Crippen LogP contribution in [0.1, 0.15) is 51.4 Å². The van der Waals surface area contributed by atoms with Crippen molar-refractivity contribution in [1.82, 2.24) is 20.5 Å². The third kappa shape index (κ3) is 5.74. The predicted octanol–water partition coefficient (Wildman–Crippen LogP) is 2.94. The lowest BCUT2D eigenvalue weighted by Gasteiger charge is -2.34. The minimum absolute atomic E-state index is 0.0257. The zero-order valence-corrected chi connectivity index (χ0v) is 20.8. The maximum atomic E-state index is 13.2. The molecule has 2 aromatic rings. The van der Waals surface area contributed by atoms with E-state index in [2.05, 4.69) is 15.6 Å². The lowest BCUT2D eigenvalue weighted by atomic mass is 9.85. The first-order valence-electron chi connectivity index (χ1n) is 11.2. The Morgan fingerprint density at radius 2 is 1.82 bits per heavy atom. The number of aliphatic hydroxyl groups is 1. The third-order valence-electron chi connectivity index (χ3n) is 6.02. The van der Waals surface area contributed by atoms with Crippen LogP contribution in [0.2, 0.25) is 0 Å². The average molecular weight is 489 g/mol. The molecule has 1 aromatic heterocycles.